The Morgan fingerprint density at radius 3 is 2.22 bits per heavy atom. The van der Waals surface area contributed by atoms with E-state index in [1.807, 2.05) is 0 Å². The summed E-state index contributed by atoms with van der Waals surface area (Å²) < 4.78 is 9.80. The minimum absolute atomic E-state index is 0.560. The molecular formula is C11H20O7. The zero-order valence-electron chi connectivity index (χ0n) is 10.6. The van der Waals surface area contributed by atoms with Gasteiger partial charge in [-0.1, -0.05) is 0 Å². The zero-order valence-corrected chi connectivity index (χ0v) is 10.6. The highest BCUT2D eigenvalue weighted by molar-refractivity contribution is 5.75. The average Bonchev–Trinajstić information content (AvgIpc) is 2.27. The van der Waals surface area contributed by atoms with E-state index >= 15 is 0 Å². The average molecular weight is 264 g/mol. The number of esters is 1. The molecule has 1 fully saturated rings. The maximum absolute atomic E-state index is 11.7. The maximum atomic E-state index is 11.7. The molecule has 0 saturated carbocycles. The first-order chi connectivity index (χ1) is 8.18. The standard InChI is InChI=1S/C11H20O7/c1-11(2,3)10(16)18-8-7(14)6(13)5(4-12)17-9(8)15/h5-9,12-15H,4H2,1-3H3/t5-,6-,7+,8-,9+/m1/s1. The summed E-state index contributed by atoms with van der Waals surface area (Å²) >= 11 is 0. The van der Waals surface area contributed by atoms with Crippen LogP contribution in [0, 0.1) is 5.41 Å². The number of carbonyl (C=O) groups is 1. The minimum atomic E-state index is -1.59. The van der Waals surface area contributed by atoms with Gasteiger partial charge in [-0.15, -0.1) is 0 Å². The molecule has 0 unspecified atom stereocenters. The minimum Gasteiger partial charge on any atom is -0.454 e. The highest BCUT2D eigenvalue weighted by Gasteiger charge is 2.46. The summed E-state index contributed by atoms with van der Waals surface area (Å²) in [7, 11) is 0. The van der Waals surface area contributed by atoms with Gasteiger partial charge >= 0.3 is 5.97 Å². The lowest BCUT2D eigenvalue weighted by Gasteiger charge is -2.40. The lowest BCUT2D eigenvalue weighted by Crippen LogP contribution is -2.60. The first-order valence-corrected chi connectivity index (χ1v) is 5.70. The fourth-order valence-electron chi connectivity index (χ4n) is 1.50. The quantitative estimate of drug-likeness (QED) is 0.443. The van der Waals surface area contributed by atoms with Crippen molar-refractivity contribution in [2.45, 2.75) is 51.5 Å². The van der Waals surface area contributed by atoms with Crippen LogP contribution in [0.2, 0.25) is 0 Å². The van der Waals surface area contributed by atoms with E-state index in [1.54, 1.807) is 20.8 Å². The van der Waals surface area contributed by atoms with Gasteiger partial charge in [-0.25, -0.2) is 0 Å². The molecule has 1 rings (SSSR count). The van der Waals surface area contributed by atoms with Gasteiger partial charge in [-0.3, -0.25) is 4.79 Å². The number of carbonyl (C=O) groups excluding carboxylic acids is 1. The predicted molar refractivity (Wildman–Crippen MR) is 59.3 cm³/mol. The van der Waals surface area contributed by atoms with Gasteiger partial charge in [-0.2, -0.15) is 0 Å². The molecule has 4 N–H and O–H groups in total. The van der Waals surface area contributed by atoms with Crippen molar-refractivity contribution in [3.63, 3.8) is 0 Å². The zero-order chi connectivity index (χ0) is 14.1. The van der Waals surface area contributed by atoms with Gasteiger partial charge in [0.25, 0.3) is 0 Å². The molecule has 0 radical (unpaired) electrons. The summed E-state index contributed by atoms with van der Waals surface area (Å²) in [6.45, 7) is 4.29. The largest absolute Gasteiger partial charge is 0.454 e. The van der Waals surface area contributed by atoms with E-state index in [-0.39, 0.29) is 0 Å². The third-order valence-electron chi connectivity index (χ3n) is 2.70. The number of aliphatic hydroxyl groups is 4. The van der Waals surface area contributed by atoms with Crippen LogP contribution in [-0.2, 0) is 14.3 Å². The Morgan fingerprint density at radius 1 is 1.22 bits per heavy atom. The van der Waals surface area contributed by atoms with Crippen molar-refractivity contribution in [1.29, 1.82) is 0 Å². The van der Waals surface area contributed by atoms with Gasteiger partial charge in [-0.05, 0) is 20.8 Å². The van der Waals surface area contributed by atoms with Crippen LogP contribution in [0.3, 0.4) is 0 Å². The molecule has 7 heteroatoms. The Bertz CT molecular complexity index is 298. The smallest absolute Gasteiger partial charge is 0.311 e. The van der Waals surface area contributed by atoms with Crippen molar-refractivity contribution in [3.8, 4) is 0 Å². The Morgan fingerprint density at radius 2 is 1.78 bits per heavy atom. The van der Waals surface area contributed by atoms with Crippen molar-refractivity contribution < 1.29 is 34.7 Å². The Kier molecular flexibility index (Phi) is 4.68. The van der Waals surface area contributed by atoms with E-state index in [2.05, 4.69) is 0 Å². The Labute approximate surface area is 105 Å². The van der Waals surface area contributed by atoms with E-state index in [1.165, 1.54) is 0 Å². The molecule has 0 aromatic carbocycles. The van der Waals surface area contributed by atoms with E-state index in [9.17, 15) is 20.1 Å². The SMILES string of the molecule is CC(C)(C)C(=O)O[C@@H]1[C@@H](O)[C@H](O)[C@@H](CO)O[C@@H]1O. The Hall–Kier alpha value is -0.730. The molecule has 0 amide bonds. The van der Waals surface area contributed by atoms with Gasteiger partial charge in [0.1, 0.15) is 18.3 Å². The number of rotatable bonds is 2. The Balaban J connectivity index is 2.74. The molecule has 1 saturated heterocycles. The highest BCUT2D eigenvalue weighted by atomic mass is 16.7. The van der Waals surface area contributed by atoms with Crippen LogP contribution < -0.4 is 0 Å². The van der Waals surface area contributed by atoms with Crippen molar-refractivity contribution in [2.75, 3.05) is 6.61 Å². The van der Waals surface area contributed by atoms with Crippen molar-refractivity contribution >= 4 is 5.97 Å². The topological polar surface area (TPSA) is 116 Å². The second kappa shape index (κ2) is 5.50. The van der Waals surface area contributed by atoms with Crippen molar-refractivity contribution in [3.05, 3.63) is 0 Å². The summed E-state index contributed by atoms with van der Waals surface area (Å²) in [6, 6.07) is 0. The second-order valence-corrected chi connectivity index (χ2v) is 5.35. The predicted octanol–water partition coefficient (Wildman–Crippen LogP) is -1.62. The molecule has 0 aromatic heterocycles. The van der Waals surface area contributed by atoms with Gasteiger partial charge in [0, 0.05) is 0 Å². The van der Waals surface area contributed by atoms with Crippen LogP contribution in [0.5, 0.6) is 0 Å². The summed E-state index contributed by atoms with van der Waals surface area (Å²) in [5.74, 6) is -0.635. The first kappa shape index (κ1) is 15.3. The van der Waals surface area contributed by atoms with Gasteiger partial charge in [0.05, 0.1) is 12.0 Å². The van der Waals surface area contributed by atoms with Gasteiger partial charge < -0.3 is 29.9 Å². The van der Waals surface area contributed by atoms with E-state index < -0.39 is 48.7 Å². The normalized spacial score (nSPS) is 37.4. The summed E-state index contributed by atoms with van der Waals surface area (Å²) in [5.41, 5.74) is -0.807. The molecule has 7 nitrogen and oxygen atoms in total. The van der Waals surface area contributed by atoms with Crippen molar-refractivity contribution in [1.82, 2.24) is 0 Å². The highest BCUT2D eigenvalue weighted by Crippen LogP contribution is 2.25. The van der Waals surface area contributed by atoms with Crippen LogP contribution in [0.4, 0.5) is 0 Å². The number of hydrogen-bond acceptors (Lipinski definition) is 7. The third-order valence-corrected chi connectivity index (χ3v) is 2.70. The number of aliphatic hydroxyl groups excluding tert-OH is 4. The lowest BCUT2D eigenvalue weighted by molar-refractivity contribution is -0.292. The monoisotopic (exact) mass is 264 g/mol. The van der Waals surface area contributed by atoms with Crippen LogP contribution in [0.15, 0.2) is 0 Å². The molecule has 1 aliphatic rings. The van der Waals surface area contributed by atoms with Crippen LogP contribution in [0.25, 0.3) is 0 Å². The van der Waals surface area contributed by atoms with Gasteiger partial charge in [0.15, 0.2) is 12.4 Å². The molecule has 18 heavy (non-hydrogen) atoms. The molecule has 0 aliphatic carbocycles. The molecule has 1 aliphatic heterocycles. The van der Waals surface area contributed by atoms with Crippen LogP contribution >= 0.6 is 0 Å². The molecule has 0 spiro atoms. The fourth-order valence-corrected chi connectivity index (χ4v) is 1.50. The molecule has 5 atom stereocenters. The lowest BCUT2D eigenvalue weighted by atomic mass is 9.96. The van der Waals surface area contributed by atoms with E-state index in [0.29, 0.717) is 0 Å². The molecule has 1 heterocycles. The van der Waals surface area contributed by atoms with Crippen LogP contribution in [0.1, 0.15) is 20.8 Å². The summed E-state index contributed by atoms with van der Waals surface area (Å²) in [4.78, 5) is 11.7. The summed E-state index contributed by atoms with van der Waals surface area (Å²) in [6.07, 6.45) is -7.03. The van der Waals surface area contributed by atoms with E-state index in [0.717, 1.165) is 0 Å². The fraction of sp³-hybridized carbons (Fsp3) is 0.909. The van der Waals surface area contributed by atoms with Gasteiger partial charge in [0.2, 0.25) is 0 Å². The number of hydrogen-bond donors (Lipinski definition) is 4. The van der Waals surface area contributed by atoms with Crippen molar-refractivity contribution in [2.24, 2.45) is 5.41 Å². The first-order valence-electron chi connectivity index (χ1n) is 5.70. The van der Waals surface area contributed by atoms with E-state index in [4.69, 9.17) is 14.6 Å². The van der Waals surface area contributed by atoms with Crippen LogP contribution in [-0.4, -0.2) is 63.7 Å². The molecular weight excluding hydrogens is 244 g/mol. The third kappa shape index (κ3) is 3.18. The number of ether oxygens (including phenoxy) is 2. The summed E-state index contributed by atoms with van der Waals surface area (Å²) in [5, 5.41) is 37.8. The molecule has 0 aromatic rings. The molecule has 106 valence electrons. The molecule has 0 bridgehead atoms. The maximum Gasteiger partial charge on any atom is 0.311 e. The second-order valence-electron chi connectivity index (χ2n) is 5.35.